The molecule has 0 fully saturated rings. The van der Waals surface area contributed by atoms with E-state index in [1.165, 1.54) is 10.9 Å². The SMILES string of the molecule is [2H]C([2H])(c1ccccc1)c1ccnc(-c2ccc3c(c2)c2ccccc2n3-c2ccc(C)cc2)c1. The number of hydrogen-bond acceptors (Lipinski definition) is 1. The van der Waals surface area contributed by atoms with Gasteiger partial charge in [0.15, 0.2) is 0 Å². The van der Waals surface area contributed by atoms with Gasteiger partial charge in [0, 0.05) is 31.0 Å². The number of hydrogen-bond donors (Lipinski definition) is 0. The standard InChI is InChI=1S/C31H24N2/c1-22-11-14-26(15-12-22)33-30-10-6-5-9-27(30)28-21-25(13-16-31(28)33)29-20-24(17-18-32-29)19-23-7-3-2-4-8-23/h2-18,20-21H,19H2,1H3/i19D2. The van der Waals surface area contributed by atoms with E-state index in [0.717, 1.165) is 33.4 Å². The fourth-order valence-corrected chi connectivity index (χ4v) is 4.46. The van der Waals surface area contributed by atoms with E-state index in [0.29, 0.717) is 11.1 Å². The molecule has 0 aliphatic rings. The van der Waals surface area contributed by atoms with Gasteiger partial charge in [0.2, 0.25) is 0 Å². The maximum atomic E-state index is 8.76. The van der Waals surface area contributed by atoms with Gasteiger partial charge >= 0.3 is 0 Å². The number of fused-ring (bicyclic) bond motifs is 3. The Labute approximate surface area is 196 Å². The van der Waals surface area contributed by atoms with Crippen molar-refractivity contribution in [3.8, 4) is 16.9 Å². The van der Waals surface area contributed by atoms with Crippen LogP contribution < -0.4 is 0 Å². The van der Waals surface area contributed by atoms with Crippen molar-refractivity contribution in [3.05, 3.63) is 132 Å². The van der Waals surface area contributed by atoms with E-state index >= 15 is 0 Å². The molecule has 0 N–H and O–H groups in total. The summed E-state index contributed by atoms with van der Waals surface area (Å²) in [6.45, 7) is 2.10. The summed E-state index contributed by atoms with van der Waals surface area (Å²) < 4.78 is 19.8. The van der Waals surface area contributed by atoms with Crippen molar-refractivity contribution in [2.24, 2.45) is 0 Å². The molecule has 0 spiro atoms. The van der Waals surface area contributed by atoms with Crippen LogP contribution in [0.5, 0.6) is 0 Å². The average molecular weight is 427 g/mol. The molecule has 4 aromatic carbocycles. The van der Waals surface area contributed by atoms with Crippen LogP contribution in [0.1, 0.15) is 19.4 Å². The molecule has 2 heterocycles. The summed E-state index contributed by atoms with van der Waals surface area (Å²) in [5.41, 5.74) is 7.61. The van der Waals surface area contributed by atoms with Gasteiger partial charge in [-0.3, -0.25) is 4.98 Å². The van der Waals surface area contributed by atoms with Gasteiger partial charge in [-0.2, -0.15) is 0 Å². The second-order valence-corrected chi connectivity index (χ2v) is 8.34. The largest absolute Gasteiger partial charge is 0.309 e. The fourth-order valence-electron chi connectivity index (χ4n) is 4.46. The van der Waals surface area contributed by atoms with E-state index in [-0.39, 0.29) is 0 Å². The molecule has 0 bridgehead atoms. The average Bonchev–Trinajstić information content (AvgIpc) is 3.23. The smallest absolute Gasteiger partial charge is 0.0705 e. The number of pyridine rings is 1. The lowest BCUT2D eigenvalue weighted by Gasteiger charge is -2.09. The van der Waals surface area contributed by atoms with Crippen LogP contribution in [-0.2, 0) is 6.37 Å². The van der Waals surface area contributed by atoms with Crippen LogP contribution in [0.25, 0.3) is 38.8 Å². The van der Waals surface area contributed by atoms with Crippen molar-refractivity contribution in [3.63, 3.8) is 0 Å². The Morgan fingerprint density at radius 2 is 1.45 bits per heavy atom. The van der Waals surface area contributed by atoms with Crippen molar-refractivity contribution < 1.29 is 2.74 Å². The molecule has 0 amide bonds. The van der Waals surface area contributed by atoms with Gasteiger partial charge < -0.3 is 4.57 Å². The van der Waals surface area contributed by atoms with Crippen molar-refractivity contribution in [2.75, 3.05) is 0 Å². The predicted molar refractivity (Wildman–Crippen MR) is 138 cm³/mol. The lowest BCUT2D eigenvalue weighted by Crippen LogP contribution is -1.94. The van der Waals surface area contributed by atoms with Crippen molar-refractivity contribution in [1.82, 2.24) is 9.55 Å². The summed E-state index contributed by atoms with van der Waals surface area (Å²) in [5, 5.41) is 2.33. The first-order chi connectivity index (χ1) is 17.0. The lowest BCUT2D eigenvalue weighted by molar-refractivity contribution is 1.16. The van der Waals surface area contributed by atoms with Crippen LogP contribution in [0.4, 0.5) is 0 Å². The van der Waals surface area contributed by atoms with E-state index in [9.17, 15) is 0 Å². The minimum atomic E-state index is -1.61. The minimum absolute atomic E-state index is 0.593. The van der Waals surface area contributed by atoms with E-state index in [4.69, 9.17) is 2.74 Å². The Hall–Kier alpha value is -4.17. The molecule has 0 saturated heterocycles. The topological polar surface area (TPSA) is 17.8 Å². The zero-order chi connectivity index (χ0) is 24.0. The quantitative estimate of drug-likeness (QED) is 0.282. The number of aryl methyl sites for hydroxylation is 1. The van der Waals surface area contributed by atoms with Gasteiger partial charge in [-0.15, -0.1) is 0 Å². The third-order valence-electron chi connectivity index (χ3n) is 6.08. The summed E-state index contributed by atoms with van der Waals surface area (Å²) in [6.07, 6.45) is 0.0930. The third kappa shape index (κ3) is 3.60. The zero-order valence-electron chi connectivity index (χ0n) is 20.4. The molecule has 6 rings (SSSR count). The van der Waals surface area contributed by atoms with E-state index < -0.39 is 6.37 Å². The maximum absolute atomic E-state index is 8.76. The molecule has 0 aliphatic heterocycles. The Kier molecular flexibility index (Phi) is 4.25. The van der Waals surface area contributed by atoms with Crippen molar-refractivity contribution in [2.45, 2.75) is 13.3 Å². The van der Waals surface area contributed by atoms with Crippen LogP contribution in [0.15, 0.2) is 115 Å². The number of benzene rings is 4. The van der Waals surface area contributed by atoms with Crippen LogP contribution in [0.2, 0.25) is 0 Å². The van der Waals surface area contributed by atoms with Gasteiger partial charge in [0.25, 0.3) is 0 Å². The monoisotopic (exact) mass is 426 g/mol. The Bertz CT molecular complexity index is 1670. The highest BCUT2D eigenvalue weighted by atomic mass is 15.0. The van der Waals surface area contributed by atoms with Gasteiger partial charge in [-0.05, 0) is 66.9 Å². The molecule has 2 nitrogen and oxygen atoms in total. The molecule has 158 valence electrons. The first-order valence-corrected chi connectivity index (χ1v) is 11.1. The molecule has 0 radical (unpaired) electrons. The third-order valence-corrected chi connectivity index (χ3v) is 6.08. The van der Waals surface area contributed by atoms with E-state index in [1.54, 1.807) is 12.3 Å². The summed E-state index contributed by atoms with van der Waals surface area (Å²) in [5.74, 6) is 0. The molecule has 33 heavy (non-hydrogen) atoms. The molecule has 2 aromatic heterocycles. The summed E-state index contributed by atoms with van der Waals surface area (Å²) in [4.78, 5) is 4.60. The number of para-hydroxylation sites is 1. The number of rotatable bonds is 4. The van der Waals surface area contributed by atoms with E-state index in [2.05, 4.69) is 83.2 Å². The van der Waals surface area contributed by atoms with Crippen LogP contribution in [-0.4, -0.2) is 9.55 Å². The Morgan fingerprint density at radius 1 is 0.697 bits per heavy atom. The van der Waals surface area contributed by atoms with Gasteiger partial charge in [0.1, 0.15) is 0 Å². The summed E-state index contributed by atoms with van der Waals surface area (Å²) in [6, 6.07) is 36.4. The number of nitrogens with zero attached hydrogens (tertiary/aromatic N) is 2. The second-order valence-electron chi connectivity index (χ2n) is 8.34. The Morgan fingerprint density at radius 3 is 2.30 bits per heavy atom. The normalized spacial score (nSPS) is 12.6. The lowest BCUT2D eigenvalue weighted by atomic mass is 10.0. The summed E-state index contributed by atoms with van der Waals surface area (Å²) in [7, 11) is 0. The zero-order valence-corrected chi connectivity index (χ0v) is 18.4. The molecule has 0 unspecified atom stereocenters. The first-order valence-electron chi connectivity index (χ1n) is 12.1. The summed E-state index contributed by atoms with van der Waals surface area (Å²) >= 11 is 0. The van der Waals surface area contributed by atoms with Crippen molar-refractivity contribution >= 4 is 21.8 Å². The molecular weight excluding hydrogens is 400 g/mol. The highest BCUT2D eigenvalue weighted by Gasteiger charge is 2.13. The predicted octanol–water partition coefficient (Wildman–Crippen LogP) is 7.74. The molecule has 0 aliphatic carbocycles. The van der Waals surface area contributed by atoms with Crippen LogP contribution >= 0.6 is 0 Å². The molecule has 0 saturated carbocycles. The first kappa shape index (κ1) is 17.4. The van der Waals surface area contributed by atoms with Crippen LogP contribution in [0.3, 0.4) is 0 Å². The fraction of sp³-hybridized carbons (Fsp3) is 0.0645. The highest BCUT2D eigenvalue weighted by molar-refractivity contribution is 6.10. The molecule has 2 heteroatoms. The minimum Gasteiger partial charge on any atom is -0.309 e. The van der Waals surface area contributed by atoms with Gasteiger partial charge in [-0.25, -0.2) is 0 Å². The highest BCUT2D eigenvalue weighted by Crippen LogP contribution is 2.34. The molecule has 0 atom stereocenters. The maximum Gasteiger partial charge on any atom is 0.0705 e. The van der Waals surface area contributed by atoms with Crippen molar-refractivity contribution in [1.29, 1.82) is 0 Å². The van der Waals surface area contributed by atoms with E-state index in [1.807, 2.05) is 36.4 Å². The van der Waals surface area contributed by atoms with Gasteiger partial charge in [-0.1, -0.05) is 72.3 Å². The molecule has 6 aromatic rings. The van der Waals surface area contributed by atoms with Crippen LogP contribution in [0, 0.1) is 6.92 Å². The Balaban J connectivity index is 1.51. The van der Waals surface area contributed by atoms with Gasteiger partial charge in [0.05, 0.1) is 16.7 Å². The molecular formula is C31H24N2. The second kappa shape index (κ2) is 8.07. The number of aromatic nitrogens is 2.